The summed E-state index contributed by atoms with van der Waals surface area (Å²) < 4.78 is 79.5. The first-order chi connectivity index (χ1) is 16.2. The second kappa shape index (κ2) is 10.9. The molecular formula is C24H18F6O5. The predicted octanol–water partition coefficient (Wildman–Crippen LogP) is 6.48. The molecule has 0 saturated carbocycles. The molecule has 0 amide bonds. The van der Waals surface area contributed by atoms with Crippen molar-refractivity contribution in [2.45, 2.75) is 25.9 Å². The molecule has 2 N–H and O–H groups in total. The van der Waals surface area contributed by atoms with E-state index in [2.05, 4.69) is 0 Å². The Hall–Kier alpha value is -4.02. The normalized spacial score (nSPS) is 11.3. The first-order valence-corrected chi connectivity index (χ1v) is 9.71. The number of esters is 1. The molecular weight excluding hydrogens is 482 g/mol. The van der Waals surface area contributed by atoms with Gasteiger partial charge in [0.15, 0.2) is 0 Å². The molecule has 0 aliphatic carbocycles. The lowest BCUT2D eigenvalue weighted by atomic mass is 10.1. The van der Waals surface area contributed by atoms with Gasteiger partial charge in [-0.25, -0.2) is 9.59 Å². The van der Waals surface area contributed by atoms with Crippen LogP contribution in [-0.4, -0.2) is 22.2 Å². The molecule has 5 nitrogen and oxygen atoms in total. The maximum atomic E-state index is 12.7. The summed E-state index contributed by atoms with van der Waals surface area (Å²) in [5, 5.41) is 17.3. The Balaban J connectivity index is 0.000000269. The van der Waals surface area contributed by atoms with Crippen molar-refractivity contribution in [3.8, 4) is 5.75 Å². The lowest BCUT2D eigenvalue weighted by Crippen LogP contribution is -2.10. The van der Waals surface area contributed by atoms with Gasteiger partial charge in [-0.15, -0.1) is 0 Å². The fraction of sp³-hybridized carbons (Fsp3) is 0.167. The number of hydrogen-bond acceptors (Lipinski definition) is 4. The highest BCUT2D eigenvalue weighted by Crippen LogP contribution is 2.32. The number of rotatable bonds is 4. The minimum atomic E-state index is -4.66. The third-order valence-electron chi connectivity index (χ3n) is 4.35. The smallest absolute Gasteiger partial charge is 0.416 e. The molecule has 11 heteroatoms. The first-order valence-electron chi connectivity index (χ1n) is 9.71. The van der Waals surface area contributed by atoms with Gasteiger partial charge in [-0.05, 0) is 54.4 Å². The minimum absolute atomic E-state index is 0.0228. The standard InChI is InChI=1S/C16H13F3O2.C8H5F3O3/c1-11-7-13(9-14(8-11)16(17,18)19)15(20)21-10-12-5-3-2-4-6-12;9-8(10,11)5-1-4(7(13)14)2-6(12)3-5/h2-9H,10H2,1H3;1-3,12H,(H,13,14). The Bertz CT molecular complexity index is 1190. The molecule has 3 aromatic carbocycles. The summed E-state index contributed by atoms with van der Waals surface area (Å²) >= 11 is 0. The molecule has 0 fully saturated rings. The number of carbonyl (C=O) groups is 2. The number of phenols is 1. The van der Waals surface area contributed by atoms with Crippen LogP contribution >= 0.6 is 0 Å². The largest absolute Gasteiger partial charge is 0.508 e. The van der Waals surface area contributed by atoms with E-state index in [1.54, 1.807) is 24.3 Å². The van der Waals surface area contributed by atoms with Crippen LogP contribution in [0.4, 0.5) is 26.3 Å². The van der Waals surface area contributed by atoms with E-state index in [0.29, 0.717) is 17.7 Å². The SMILES string of the molecule is Cc1cc(C(=O)OCc2ccccc2)cc(C(F)(F)F)c1.O=C(O)c1cc(O)cc(C(F)(F)F)c1. The fourth-order valence-electron chi connectivity index (χ4n) is 2.77. The van der Waals surface area contributed by atoms with E-state index in [9.17, 15) is 35.9 Å². The second-order valence-electron chi connectivity index (χ2n) is 7.22. The minimum Gasteiger partial charge on any atom is -0.508 e. The quantitative estimate of drug-likeness (QED) is 0.317. The topological polar surface area (TPSA) is 83.8 Å². The number of ether oxygens (including phenoxy) is 1. The summed E-state index contributed by atoms with van der Waals surface area (Å²) in [7, 11) is 0. The van der Waals surface area contributed by atoms with E-state index in [4.69, 9.17) is 14.9 Å². The van der Waals surface area contributed by atoms with Gasteiger partial charge in [-0.3, -0.25) is 0 Å². The molecule has 0 aliphatic rings. The number of aromatic hydroxyl groups is 1. The number of phenolic OH excluding ortho intramolecular Hbond substituents is 1. The number of aryl methyl sites for hydroxylation is 1. The zero-order chi connectivity index (χ0) is 26.4. The van der Waals surface area contributed by atoms with Gasteiger partial charge in [-0.2, -0.15) is 26.3 Å². The van der Waals surface area contributed by atoms with Crippen LogP contribution in [0.15, 0.2) is 66.7 Å². The molecule has 0 radical (unpaired) electrons. The average Bonchev–Trinajstić information content (AvgIpc) is 2.76. The molecule has 186 valence electrons. The zero-order valence-electron chi connectivity index (χ0n) is 17.9. The van der Waals surface area contributed by atoms with Crippen molar-refractivity contribution in [1.82, 2.24) is 0 Å². The van der Waals surface area contributed by atoms with Crippen LogP contribution in [0.2, 0.25) is 0 Å². The summed E-state index contributed by atoms with van der Waals surface area (Å²) in [6.07, 6.45) is -9.15. The van der Waals surface area contributed by atoms with E-state index in [0.717, 1.165) is 23.8 Å². The maximum absolute atomic E-state index is 12.7. The first kappa shape index (κ1) is 27.2. The van der Waals surface area contributed by atoms with Crippen LogP contribution in [0.3, 0.4) is 0 Å². The Kier molecular flexibility index (Phi) is 8.51. The van der Waals surface area contributed by atoms with Crippen molar-refractivity contribution in [1.29, 1.82) is 0 Å². The van der Waals surface area contributed by atoms with Crippen molar-refractivity contribution in [3.05, 3.63) is 100 Å². The monoisotopic (exact) mass is 500 g/mol. The summed E-state index contributed by atoms with van der Waals surface area (Å²) in [6.45, 7) is 1.53. The molecule has 0 atom stereocenters. The number of carbonyl (C=O) groups excluding carboxylic acids is 1. The van der Waals surface area contributed by atoms with Gasteiger partial charge < -0.3 is 14.9 Å². The highest BCUT2D eigenvalue weighted by atomic mass is 19.4. The number of alkyl halides is 6. The number of hydrogen-bond donors (Lipinski definition) is 2. The highest BCUT2D eigenvalue weighted by Gasteiger charge is 2.32. The number of carboxylic acids is 1. The highest BCUT2D eigenvalue weighted by molar-refractivity contribution is 5.90. The van der Waals surface area contributed by atoms with Crippen molar-refractivity contribution in [3.63, 3.8) is 0 Å². The number of benzene rings is 3. The number of halogens is 6. The van der Waals surface area contributed by atoms with E-state index in [1.165, 1.54) is 13.0 Å². The van der Waals surface area contributed by atoms with Crippen molar-refractivity contribution >= 4 is 11.9 Å². The van der Waals surface area contributed by atoms with Crippen LogP contribution in [0, 0.1) is 6.92 Å². The molecule has 0 bridgehead atoms. The van der Waals surface area contributed by atoms with Crippen LogP contribution in [0.1, 0.15) is 43.0 Å². The molecule has 0 aliphatic heterocycles. The Morgan fingerprint density at radius 2 is 1.34 bits per heavy atom. The summed E-state index contributed by atoms with van der Waals surface area (Å²) in [5.41, 5.74) is -1.61. The molecule has 0 unspecified atom stereocenters. The third-order valence-corrected chi connectivity index (χ3v) is 4.35. The third kappa shape index (κ3) is 8.36. The van der Waals surface area contributed by atoms with Gasteiger partial charge in [-0.1, -0.05) is 30.3 Å². The van der Waals surface area contributed by atoms with E-state index < -0.39 is 46.7 Å². The van der Waals surface area contributed by atoms with Crippen LogP contribution in [0.5, 0.6) is 5.75 Å². The summed E-state index contributed by atoms with van der Waals surface area (Å²) in [4.78, 5) is 22.2. The molecule has 3 rings (SSSR count). The molecule has 35 heavy (non-hydrogen) atoms. The Labute approximate surface area is 195 Å². The molecule has 0 heterocycles. The van der Waals surface area contributed by atoms with Crippen LogP contribution in [0.25, 0.3) is 0 Å². The zero-order valence-corrected chi connectivity index (χ0v) is 17.9. The van der Waals surface area contributed by atoms with E-state index in [1.807, 2.05) is 6.07 Å². The molecule has 0 spiro atoms. The van der Waals surface area contributed by atoms with Gasteiger partial charge in [0.25, 0.3) is 0 Å². The summed E-state index contributed by atoms with van der Waals surface area (Å²) in [6, 6.07) is 13.8. The molecule has 0 aromatic heterocycles. The van der Waals surface area contributed by atoms with Gasteiger partial charge in [0, 0.05) is 0 Å². The second-order valence-corrected chi connectivity index (χ2v) is 7.22. The Morgan fingerprint density at radius 3 is 1.89 bits per heavy atom. The van der Waals surface area contributed by atoms with Gasteiger partial charge >= 0.3 is 24.3 Å². The molecule has 3 aromatic rings. The maximum Gasteiger partial charge on any atom is 0.416 e. The van der Waals surface area contributed by atoms with Crippen molar-refractivity contribution in [2.24, 2.45) is 0 Å². The van der Waals surface area contributed by atoms with Crippen LogP contribution < -0.4 is 0 Å². The van der Waals surface area contributed by atoms with Gasteiger partial charge in [0.1, 0.15) is 12.4 Å². The van der Waals surface area contributed by atoms with Gasteiger partial charge in [0.05, 0.1) is 22.3 Å². The molecule has 0 saturated heterocycles. The number of aromatic carboxylic acids is 1. The van der Waals surface area contributed by atoms with Crippen LogP contribution in [-0.2, 0) is 23.7 Å². The lowest BCUT2D eigenvalue weighted by molar-refractivity contribution is -0.138. The van der Waals surface area contributed by atoms with Crippen molar-refractivity contribution < 1.29 is 50.9 Å². The Morgan fingerprint density at radius 1 is 0.800 bits per heavy atom. The van der Waals surface area contributed by atoms with Crippen molar-refractivity contribution in [2.75, 3.05) is 0 Å². The van der Waals surface area contributed by atoms with Gasteiger partial charge in [0.2, 0.25) is 0 Å². The van der Waals surface area contributed by atoms with E-state index in [-0.39, 0.29) is 12.2 Å². The predicted molar refractivity (Wildman–Crippen MR) is 112 cm³/mol. The average molecular weight is 500 g/mol. The lowest BCUT2D eigenvalue weighted by Gasteiger charge is -2.10. The van der Waals surface area contributed by atoms with E-state index >= 15 is 0 Å². The fourth-order valence-corrected chi connectivity index (χ4v) is 2.77. The summed E-state index contributed by atoms with van der Waals surface area (Å²) in [5.74, 6) is -3.02. The number of carboxylic acid groups (broad SMARTS) is 1.